The fourth-order valence-electron chi connectivity index (χ4n) is 8.40. The van der Waals surface area contributed by atoms with Crippen molar-refractivity contribution < 1.29 is 39.2 Å². The van der Waals surface area contributed by atoms with Crippen molar-refractivity contribution >= 4 is 58.0 Å². The molecular formula is C50H44N8O8. The van der Waals surface area contributed by atoms with Crippen molar-refractivity contribution in [2.24, 2.45) is 5.92 Å². The summed E-state index contributed by atoms with van der Waals surface area (Å²) in [5, 5.41) is 37.8. The number of nitrogens with zero attached hydrogens (tertiary/aromatic N) is 4. The SMILES string of the molecule is CC(C)COC(=O)Nc1nc2ccc(C3(O)c4ccccc4C(=O)N3Cc3ccccc3)cc2[nH]1.O=C(O)Nc1nc2ccc(C3(O)c4ccccc4C(=O)N3Cc3ccccc3)cc2[nH]1. The third-order valence-corrected chi connectivity index (χ3v) is 11.5. The van der Waals surface area contributed by atoms with Gasteiger partial charge in [-0.15, -0.1) is 0 Å². The zero-order valence-corrected chi connectivity index (χ0v) is 35.7. The molecule has 0 saturated carbocycles. The van der Waals surface area contributed by atoms with E-state index in [2.05, 4.69) is 30.6 Å². The summed E-state index contributed by atoms with van der Waals surface area (Å²) < 4.78 is 5.15. The van der Waals surface area contributed by atoms with Gasteiger partial charge in [-0.25, -0.2) is 19.6 Å². The van der Waals surface area contributed by atoms with Crippen LogP contribution in [0, 0.1) is 5.92 Å². The fourth-order valence-corrected chi connectivity index (χ4v) is 8.40. The predicted molar refractivity (Wildman–Crippen MR) is 245 cm³/mol. The Morgan fingerprint density at radius 2 is 1.05 bits per heavy atom. The fraction of sp³-hybridized carbons (Fsp3) is 0.160. The smallest absolute Gasteiger partial charge is 0.413 e. The van der Waals surface area contributed by atoms with E-state index < -0.39 is 23.6 Å². The van der Waals surface area contributed by atoms with Crippen LogP contribution in [0.1, 0.15) is 67.9 Å². The second-order valence-corrected chi connectivity index (χ2v) is 16.4. The standard InChI is InChI=1S/C27H26N4O4.C23H18N4O4/c1-17(2)16-35-26(33)30-25-28-22-13-12-19(14-23(22)29-25)27(34)21-11-7-6-10-20(21)24(32)31(27)15-18-8-4-3-5-9-18;28-20-16-8-4-5-9-17(16)23(31,27(20)13-14-6-2-1-3-7-14)15-10-11-18-19(12-15)25-21(24-18)26-22(29)30/h3-14,17,34H,15-16H2,1-2H3,(H2,28,29,30,33);1-12,31H,13H2,(H,29,30)(H2,24,25,26). The van der Waals surface area contributed by atoms with E-state index in [0.717, 1.165) is 11.1 Å². The van der Waals surface area contributed by atoms with Gasteiger partial charge in [-0.05, 0) is 53.4 Å². The van der Waals surface area contributed by atoms with Gasteiger partial charge in [0.05, 0.1) is 28.7 Å². The summed E-state index contributed by atoms with van der Waals surface area (Å²) in [5.74, 6) is 0.0278. The van der Waals surface area contributed by atoms with Gasteiger partial charge in [0.15, 0.2) is 11.4 Å². The van der Waals surface area contributed by atoms with Gasteiger partial charge in [0.1, 0.15) is 0 Å². The number of imidazole rings is 2. The molecule has 0 aliphatic carbocycles. The van der Waals surface area contributed by atoms with Gasteiger partial charge >= 0.3 is 12.2 Å². The normalized spacial score (nSPS) is 17.4. The maximum absolute atomic E-state index is 13.4. The molecule has 16 nitrogen and oxygen atoms in total. The number of nitrogens with one attached hydrogen (secondary N) is 4. The molecule has 2 aliphatic heterocycles. The number of amides is 4. The highest BCUT2D eigenvalue weighted by Gasteiger charge is 2.51. The number of rotatable bonds is 10. The molecule has 7 N–H and O–H groups in total. The predicted octanol–water partition coefficient (Wildman–Crippen LogP) is 8.12. The Morgan fingerprint density at radius 3 is 1.48 bits per heavy atom. The Bertz CT molecular complexity index is 3140. The Morgan fingerprint density at radius 1 is 0.621 bits per heavy atom. The molecule has 10 rings (SSSR count). The molecule has 0 saturated heterocycles. The van der Waals surface area contributed by atoms with E-state index in [0.29, 0.717) is 62.1 Å². The van der Waals surface area contributed by atoms with Gasteiger partial charge in [-0.3, -0.25) is 30.0 Å². The maximum Gasteiger partial charge on any atom is 0.413 e. The lowest BCUT2D eigenvalue weighted by atomic mass is 9.93. The number of ether oxygens (including phenoxy) is 1. The number of hydrogen-bond acceptors (Lipinski definition) is 9. The first-order valence-electron chi connectivity index (χ1n) is 21.1. The highest BCUT2D eigenvalue weighted by Crippen LogP contribution is 2.45. The van der Waals surface area contributed by atoms with Crippen LogP contribution in [0.2, 0.25) is 0 Å². The first-order valence-corrected chi connectivity index (χ1v) is 21.1. The molecule has 2 atom stereocenters. The topological polar surface area (TPSA) is 226 Å². The minimum Gasteiger partial charge on any atom is -0.465 e. The highest BCUT2D eigenvalue weighted by molar-refractivity contribution is 6.01. The monoisotopic (exact) mass is 884 g/mol. The van der Waals surface area contributed by atoms with Crippen LogP contribution < -0.4 is 10.6 Å². The van der Waals surface area contributed by atoms with Crippen molar-refractivity contribution in [1.29, 1.82) is 0 Å². The Hall–Kier alpha value is -8.34. The van der Waals surface area contributed by atoms with E-state index in [-0.39, 0.29) is 42.7 Å². The summed E-state index contributed by atoms with van der Waals surface area (Å²) in [6.45, 7) is 4.66. The number of fused-ring (bicyclic) bond motifs is 4. The molecule has 8 aromatic rings. The number of carbonyl (C=O) groups excluding carboxylic acids is 3. The molecular weight excluding hydrogens is 841 g/mol. The van der Waals surface area contributed by atoms with Crippen LogP contribution in [0.3, 0.4) is 0 Å². The zero-order valence-electron chi connectivity index (χ0n) is 35.7. The molecule has 16 heteroatoms. The number of hydrogen-bond donors (Lipinski definition) is 7. The molecule has 66 heavy (non-hydrogen) atoms. The van der Waals surface area contributed by atoms with Crippen LogP contribution in [0.15, 0.2) is 146 Å². The van der Waals surface area contributed by atoms with Gasteiger partial charge < -0.3 is 30.0 Å². The molecule has 0 spiro atoms. The summed E-state index contributed by atoms with van der Waals surface area (Å²) in [4.78, 5) is 67.0. The van der Waals surface area contributed by atoms with Gasteiger partial charge in [-0.1, -0.05) is 123 Å². The van der Waals surface area contributed by atoms with Crippen LogP contribution in [-0.2, 0) is 29.3 Å². The first kappa shape index (κ1) is 42.9. The molecule has 0 bridgehead atoms. The molecule has 0 fully saturated rings. The average Bonchev–Trinajstić information content (AvgIpc) is 4.03. The molecule has 0 radical (unpaired) electrons. The average molecular weight is 885 g/mol. The third-order valence-electron chi connectivity index (χ3n) is 11.5. The lowest BCUT2D eigenvalue weighted by molar-refractivity contribution is -0.0548. The summed E-state index contributed by atoms with van der Waals surface area (Å²) in [6, 6.07) is 43.4. The van der Waals surface area contributed by atoms with Crippen molar-refractivity contribution in [2.45, 2.75) is 38.4 Å². The van der Waals surface area contributed by atoms with Crippen molar-refractivity contribution in [1.82, 2.24) is 29.7 Å². The van der Waals surface area contributed by atoms with Gasteiger partial charge in [0.2, 0.25) is 11.9 Å². The van der Waals surface area contributed by atoms with Gasteiger partial charge in [0, 0.05) is 46.5 Å². The van der Waals surface area contributed by atoms with E-state index in [4.69, 9.17) is 9.84 Å². The van der Waals surface area contributed by atoms with E-state index >= 15 is 0 Å². The van der Waals surface area contributed by atoms with Crippen LogP contribution in [0.25, 0.3) is 22.1 Å². The number of aromatic nitrogens is 4. The minimum absolute atomic E-state index is 0.0793. The number of aromatic amines is 2. The van der Waals surface area contributed by atoms with E-state index in [1.54, 1.807) is 78.9 Å². The van der Waals surface area contributed by atoms with E-state index in [9.17, 15) is 29.4 Å². The third kappa shape index (κ3) is 7.95. The summed E-state index contributed by atoms with van der Waals surface area (Å²) in [7, 11) is 0. The summed E-state index contributed by atoms with van der Waals surface area (Å²) in [5.41, 5.74) is 3.61. The van der Waals surface area contributed by atoms with Crippen LogP contribution >= 0.6 is 0 Å². The second-order valence-electron chi connectivity index (χ2n) is 16.4. The zero-order chi connectivity index (χ0) is 46.2. The molecule has 2 aliphatic rings. The summed E-state index contributed by atoms with van der Waals surface area (Å²) in [6.07, 6.45) is -1.83. The Labute approximate surface area is 377 Å². The second kappa shape index (κ2) is 17.3. The van der Waals surface area contributed by atoms with Crippen molar-refractivity contribution in [2.75, 3.05) is 17.2 Å². The maximum atomic E-state index is 13.4. The van der Waals surface area contributed by atoms with Gasteiger partial charge in [0.25, 0.3) is 11.8 Å². The Kier molecular flexibility index (Phi) is 11.3. The lowest BCUT2D eigenvalue weighted by Crippen LogP contribution is -2.44. The molecule has 4 amide bonds. The quantitative estimate of drug-likeness (QED) is 0.0698. The van der Waals surface area contributed by atoms with Gasteiger partial charge in [-0.2, -0.15) is 0 Å². The number of H-pyrrole nitrogens is 2. The van der Waals surface area contributed by atoms with E-state index in [1.165, 1.54) is 9.80 Å². The Balaban J connectivity index is 0.000000167. The van der Waals surface area contributed by atoms with E-state index in [1.807, 2.05) is 80.6 Å². The van der Waals surface area contributed by atoms with Crippen molar-refractivity contribution in [3.8, 4) is 0 Å². The largest absolute Gasteiger partial charge is 0.465 e. The molecule has 6 aromatic carbocycles. The number of carboxylic acid groups (broad SMARTS) is 1. The van der Waals surface area contributed by atoms with Crippen LogP contribution in [0.5, 0.6) is 0 Å². The number of aliphatic hydroxyl groups is 2. The van der Waals surface area contributed by atoms with Crippen molar-refractivity contribution in [3.63, 3.8) is 0 Å². The highest BCUT2D eigenvalue weighted by atomic mass is 16.5. The molecule has 2 unspecified atom stereocenters. The number of benzene rings is 6. The van der Waals surface area contributed by atoms with Crippen LogP contribution in [0.4, 0.5) is 21.5 Å². The molecule has 4 heterocycles. The lowest BCUT2D eigenvalue weighted by Gasteiger charge is -2.35. The molecule has 332 valence electrons. The number of anilines is 2. The van der Waals surface area contributed by atoms with Crippen LogP contribution in [-0.4, -0.2) is 75.7 Å². The summed E-state index contributed by atoms with van der Waals surface area (Å²) >= 11 is 0. The van der Waals surface area contributed by atoms with Crippen molar-refractivity contribution in [3.05, 3.63) is 190 Å². The minimum atomic E-state index is -1.69. The first-order chi connectivity index (χ1) is 31.8. The number of carbonyl (C=O) groups is 4. The molecule has 2 aromatic heterocycles.